The molecular formula is C24H14ClF3N4O4. The van der Waals surface area contributed by atoms with Crippen molar-refractivity contribution in [2.24, 2.45) is 0 Å². The minimum Gasteiger partial charge on any atom is -0.481 e. The predicted octanol–water partition coefficient (Wildman–Crippen LogP) is 5.36. The van der Waals surface area contributed by atoms with Crippen molar-refractivity contribution in [1.82, 2.24) is 9.97 Å². The van der Waals surface area contributed by atoms with Gasteiger partial charge in [-0.1, -0.05) is 17.7 Å². The summed E-state index contributed by atoms with van der Waals surface area (Å²) >= 11 is 6.22. The number of oxazole rings is 1. The van der Waals surface area contributed by atoms with Gasteiger partial charge in [0.25, 0.3) is 0 Å². The lowest BCUT2D eigenvalue weighted by Gasteiger charge is -2.12. The summed E-state index contributed by atoms with van der Waals surface area (Å²) in [5, 5.41) is 21.3. The number of fused-ring (bicyclic) bond motifs is 1. The fourth-order valence-corrected chi connectivity index (χ4v) is 3.66. The number of hydrogen-bond donors (Lipinski definition) is 2. The number of anilines is 1. The number of nitrogens with one attached hydrogen (secondary N) is 1. The Morgan fingerprint density at radius 2 is 1.94 bits per heavy atom. The molecule has 4 aromatic rings. The molecule has 0 fully saturated rings. The minimum atomic E-state index is -4.72. The Kier molecular flexibility index (Phi) is 6.63. The molecule has 0 aliphatic carbocycles. The number of rotatable bonds is 7. The van der Waals surface area contributed by atoms with Crippen molar-refractivity contribution in [3.05, 3.63) is 76.4 Å². The molecule has 182 valence electrons. The van der Waals surface area contributed by atoms with Gasteiger partial charge in [-0.15, -0.1) is 0 Å². The Bertz CT molecular complexity index is 1540. The van der Waals surface area contributed by atoms with E-state index < -0.39 is 30.0 Å². The summed E-state index contributed by atoms with van der Waals surface area (Å²) in [4.78, 5) is 31.3. The Balaban J connectivity index is 1.59. The number of nitrogens with zero attached hydrogens (tertiary/aromatic N) is 3. The molecule has 2 heterocycles. The summed E-state index contributed by atoms with van der Waals surface area (Å²) < 4.78 is 44.4. The quantitative estimate of drug-likeness (QED) is 0.315. The van der Waals surface area contributed by atoms with Crippen LogP contribution in [0.3, 0.4) is 0 Å². The highest BCUT2D eigenvalue weighted by atomic mass is 35.5. The normalized spacial score (nSPS) is 11.3. The van der Waals surface area contributed by atoms with Crippen LogP contribution in [-0.4, -0.2) is 33.4 Å². The van der Waals surface area contributed by atoms with Crippen LogP contribution in [0.1, 0.15) is 27.5 Å². The number of alkyl halides is 3. The number of carboxylic acids is 1. The van der Waals surface area contributed by atoms with E-state index in [9.17, 15) is 28.0 Å². The molecule has 2 N–H and O–H groups in total. The van der Waals surface area contributed by atoms with Crippen LogP contribution in [0.15, 0.2) is 53.1 Å². The number of aliphatic carboxylic acids is 1. The molecule has 0 unspecified atom stereocenters. The zero-order valence-corrected chi connectivity index (χ0v) is 18.8. The number of carbonyl (C=O) groups excluding carboxylic acids is 1. The number of para-hydroxylation sites is 1. The average molecular weight is 515 g/mol. The van der Waals surface area contributed by atoms with Gasteiger partial charge in [-0.25, -0.2) is 4.98 Å². The first kappa shape index (κ1) is 24.7. The molecule has 0 saturated carbocycles. The second kappa shape index (κ2) is 9.67. The lowest BCUT2D eigenvalue weighted by atomic mass is 9.98. The SMILES string of the molecule is N#Cc1cc(C(F)(F)F)ncc1-c1cc(C(=O)CNc2cccc3nc(CC(=O)O)oc23)ccc1Cl. The maximum Gasteiger partial charge on any atom is 0.433 e. The molecule has 0 spiro atoms. The zero-order chi connectivity index (χ0) is 26.0. The van der Waals surface area contributed by atoms with Gasteiger partial charge in [0.2, 0.25) is 5.89 Å². The second-order valence-corrected chi connectivity index (χ2v) is 7.94. The summed E-state index contributed by atoms with van der Waals surface area (Å²) in [6.07, 6.45) is -4.23. The molecular weight excluding hydrogens is 501 g/mol. The molecule has 0 atom stereocenters. The Hall–Kier alpha value is -4.43. The van der Waals surface area contributed by atoms with Crippen LogP contribution in [0, 0.1) is 11.3 Å². The van der Waals surface area contributed by atoms with Crippen LogP contribution in [-0.2, 0) is 17.4 Å². The maximum absolute atomic E-state index is 13.0. The highest BCUT2D eigenvalue weighted by Gasteiger charge is 2.33. The molecule has 0 radical (unpaired) electrons. The van der Waals surface area contributed by atoms with Crippen LogP contribution in [0.4, 0.5) is 18.9 Å². The fourth-order valence-electron chi connectivity index (χ4n) is 3.44. The third-order valence-electron chi connectivity index (χ3n) is 5.09. The summed E-state index contributed by atoms with van der Waals surface area (Å²) in [6.45, 7) is -0.203. The number of benzene rings is 2. The van der Waals surface area contributed by atoms with Gasteiger partial charge in [-0.2, -0.15) is 18.4 Å². The number of carboxylic acid groups (broad SMARTS) is 1. The number of Topliss-reactive ketones (excluding diaryl/α,β-unsaturated/α-hetero) is 1. The topological polar surface area (TPSA) is 129 Å². The molecule has 4 rings (SSSR count). The number of ketones is 1. The number of hydrogen-bond acceptors (Lipinski definition) is 7. The molecule has 0 aliphatic rings. The lowest BCUT2D eigenvalue weighted by molar-refractivity contribution is -0.141. The molecule has 0 bridgehead atoms. The van der Waals surface area contributed by atoms with Crippen molar-refractivity contribution in [3.63, 3.8) is 0 Å². The molecule has 2 aromatic heterocycles. The van der Waals surface area contributed by atoms with Crippen molar-refractivity contribution < 1.29 is 32.3 Å². The van der Waals surface area contributed by atoms with Crippen LogP contribution in [0.2, 0.25) is 5.02 Å². The first-order chi connectivity index (χ1) is 17.1. The number of halogens is 4. The van der Waals surface area contributed by atoms with E-state index in [2.05, 4.69) is 15.3 Å². The monoisotopic (exact) mass is 514 g/mol. The Labute approximate surface area is 206 Å². The summed E-state index contributed by atoms with van der Waals surface area (Å²) in [5.74, 6) is -1.49. The van der Waals surface area contributed by atoms with Gasteiger partial charge in [0, 0.05) is 27.9 Å². The van der Waals surface area contributed by atoms with Gasteiger partial charge in [0.15, 0.2) is 11.4 Å². The third kappa shape index (κ3) is 5.13. The first-order valence-electron chi connectivity index (χ1n) is 10.2. The van der Waals surface area contributed by atoms with Crippen LogP contribution >= 0.6 is 11.6 Å². The fraction of sp³-hybridized carbons (Fsp3) is 0.125. The van der Waals surface area contributed by atoms with Gasteiger partial charge in [-0.05, 0) is 36.4 Å². The Morgan fingerprint density at radius 1 is 1.17 bits per heavy atom. The Morgan fingerprint density at radius 3 is 2.64 bits per heavy atom. The molecule has 0 saturated heterocycles. The number of aromatic nitrogens is 2. The first-order valence-corrected chi connectivity index (χ1v) is 10.6. The lowest BCUT2D eigenvalue weighted by Crippen LogP contribution is -2.14. The molecule has 36 heavy (non-hydrogen) atoms. The highest BCUT2D eigenvalue weighted by molar-refractivity contribution is 6.33. The molecule has 0 amide bonds. The van der Waals surface area contributed by atoms with E-state index in [1.54, 1.807) is 24.3 Å². The van der Waals surface area contributed by atoms with Crippen molar-refractivity contribution in [2.75, 3.05) is 11.9 Å². The smallest absolute Gasteiger partial charge is 0.433 e. The summed E-state index contributed by atoms with van der Waals surface area (Å²) in [6, 6.07) is 11.5. The maximum atomic E-state index is 13.0. The van der Waals surface area contributed by atoms with E-state index >= 15 is 0 Å². The van der Waals surface area contributed by atoms with E-state index in [1.165, 1.54) is 18.2 Å². The van der Waals surface area contributed by atoms with E-state index in [-0.39, 0.29) is 45.3 Å². The largest absolute Gasteiger partial charge is 0.481 e. The van der Waals surface area contributed by atoms with Crippen molar-refractivity contribution >= 4 is 40.1 Å². The average Bonchev–Trinajstić information content (AvgIpc) is 3.24. The van der Waals surface area contributed by atoms with Gasteiger partial charge in [0.1, 0.15) is 17.6 Å². The number of nitriles is 1. The van der Waals surface area contributed by atoms with Gasteiger partial charge >= 0.3 is 12.1 Å². The van der Waals surface area contributed by atoms with Crippen molar-refractivity contribution in [1.29, 1.82) is 5.26 Å². The van der Waals surface area contributed by atoms with Crippen LogP contribution in [0.5, 0.6) is 0 Å². The van der Waals surface area contributed by atoms with Crippen molar-refractivity contribution in [3.8, 4) is 17.2 Å². The molecule has 12 heteroatoms. The van der Waals surface area contributed by atoms with E-state index in [4.69, 9.17) is 21.1 Å². The molecule has 0 aliphatic heterocycles. The molecule has 2 aromatic carbocycles. The van der Waals surface area contributed by atoms with Gasteiger partial charge in [0.05, 0.1) is 23.9 Å². The molecule has 8 nitrogen and oxygen atoms in total. The van der Waals surface area contributed by atoms with Gasteiger partial charge in [-0.3, -0.25) is 14.6 Å². The number of pyridine rings is 1. The van der Waals surface area contributed by atoms with Crippen molar-refractivity contribution in [2.45, 2.75) is 12.6 Å². The van der Waals surface area contributed by atoms with Crippen LogP contribution in [0.25, 0.3) is 22.2 Å². The van der Waals surface area contributed by atoms with E-state index in [0.29, 0.717) is 17.3 Å². The minimum absolute atomic E-state index is 0.0128. The summed E-state index contributed by atoms with van der Waals surface area (Å²) in [7, 11) is 0. The zero-order valence-electron chi connectivity index (χ0n) is 18.1. The standard InChI is InChI=1S/C24H14ClF3N4O4/c25-16-5-4-12(6-14(16)15-10-31-20(24(26,27)28)7-13(15)9-29)19(33)11-30-17-2-1-3-18-23(17)36-21(32-18)8-22(34)35/h1-7,10,30H,8,11H2,(H,34,35). The number of carbonyl (C=O) groups is 2. The van der Waals surface area contributed by atoms with E-state index in [1.807, 2.05) is 0 Å². The van der Waals surface area contributed by atoms with Crippen LogP contribution < -0.4 is 5.32 Å². The third-order valence-corrected chi connectivity index (χ3v) is 5.42. The summed E-state index contributed by atoms with van der Waals surface area (Å²) in [5.41, 5.74) is 0.00929. The van der Waals surface area contributed by atoms with E-state index in [0.717, 1.165) is 6.20 Å². The predicted molar refractivity (Wildman–Crippen MR) is 123 cm³/mol. The second-order valence-electron chi connectivity index (χ2n) is 7.53. The highest BCUT2D eigenvalue weighted by Crippen LogP contribution is 2.35. The van der Waals surface area contributed by atoms with Gasteiger partial charge < -0.3 is 14.8 Å².